The van der Waals surface area contributed by atoms with Gasteiger partial charge in [0, 0.05) is 6.20 Å². The van der Waals surface area contributed by atoms with Crippen LogP contribution in [-0.2, 0) is 5.54 Å². The van der Waals surface area contributed by atoms with E-state index in [0.717, 1.165) is 31.3 Å². The Morgan fingerprint density at radius 2 is 1.23 bits per heavy atom. The zero-order chi connectivity index (χ0) is 21.3. The summed E-state index contributed by atoms with van der Waals surface area (Å²) < 4.78 is 8.55. The molecule has 5 rings (SSSR count). The molecule has 2 heterocycles. The van der Waals surface area contributed by atoms with Gasteiger partial charge in [-0.25, -0.2) is 9.67 Å². The van der Waals surface area contributed by atoms with Crippen LogP contribution >= 0.6 is 22.6 Å². The zero-order valence-corrected chi connectivity index (χ0v) is 19.1. The number of hydrogen-bond acceptors (Lipinski definition) is 3. The molecule has 0 saturated carbocycles. The van der Waals surface area contributed by atoms with Crippen LogP contribution in [0.4, 0.5) is 0 Å². The van der Waals surface area contributed by atoms with Crippen molar-refractivity contribution < 1.29 is 4.74 Å². The highest BCUT2D eigenvalue weighted by molar-refractivity contribution is 14.1. The number of aromatic nitrogens is 3. The van der Waals surface area contributed by atoms with Gasteiger partial charge in [0.1, 0.15) is 9.24 Å². The molecule has 0 fully saturated rings. The number of ether oxygens (including phenoxy) is 1. The Hall–Kier alpha value is -3.19. The maximum absolute atomic E-state index is 5.58. The SMILES string of the molecule is COc1nccc2c1c(I)nn2C(c1ccccc1)(c1ccccc1)c1ccccc1. The summed E-state index contributed by atoms with van der Waals surface area (Å²) in [5.74, 6) is 0.580. The fourth-order valence-corrected chi connectivity index (χ4v) is 5.03. The molecule has 0 amide bonds. The lowest BCUT2D eigenvalue weighted by molar-refractivity contribution is 0.403. The van der Waals surface area contributed by atoms with Crippen LogP contribution in [0, 0.1) is 3.70 Å². The minimum absolute atomic E-state index is 0.580. The molecule has 31 heavy (non-hydrogen) atoms. The molecule has 4 nitrogen and oxygen atoms in total. The number of pyridine rings is 1. The summed E-state index contributed by atoms with van der Waals surface area (Å²) >= 11 is 2.27. The van der Waals surface area contributed by atoms with Crippen LogP contribution in [0.5, 0.6) is 5.88 Å². The van der Waals surface area contributed by atoms with Gasteiger partial charge in [0.25, 0.3) is 0 Å². The third-order valence-corrected chi connectivity index (χ3v) is 6.36. The molecule has 152 valence electrons. The maximum atomic E-state index is 5.58. The molecule has 5 heteroatoms. The first-order valence-electron chi connectivity index (χ1n) is 10.0. The van der Waals surface area contributed by atoms with Crippen molar-refractivity contribution in [3.05, 3.63) is 124 Å². The Kier molecular flexibility index (Phi) is 5.19. The van der Waals surface area contributed by atoms with Crippen molar-refractivity contribution >= 4 is 33.5 Å². The normalized spacial score (nSPS) is 11.5. The standard InChI is InChI=1S/C26H20IN3O/c1-31-25-23-22(17-18-28-25)30(29-24(23)27)26(19-11-5-2-6-12-19,20-13-7-3-8-14-20)21-15-9-4-10-16-21/h2-18H,1H3. The third kappa shape index (κ3) is 3.11. The lowest BCUT2D eigenvalue weighted by atomic mass is 9.77. The molecule has 0 radical (unpaired) electrons. The number of hydrogen-bond donors (Lipinski definition) is 0. The first kappa shape index (κ1) is 19.8. The van der Waals surface area contributed by atoms with E-state index in [-0.39, 0.29) is 0 Å². The minimum atomic E-state index is -0.669. The van der Waals surface area contributed by atoms with Crippen molar-refractivity contribution in [2.24, 2.45) is 0 Å². The van der Waals surface area contributed by atoms with E-state index in [2.05, 4.69) is 105 Å². The van der Waals surface area contributed by atoms with Gasteiger partial charge in [-0.2, -0.15) is 5.10 Å². The van der Waals surface area contributed by atoms with Crippen molar-refractivity contribution in [2.75, 3.05) is 7.11 Å². The molecule has 0 saturated heterocycles. The molecule has 0 bridgehead atoms. The highest BCUT2D eigenvalue weighted by Gasteiger charge is 2.41. The van der Waals surface area contributed by atoms with Crippen LogP contribution in [0.2, 0.25) is 0 Å². The summed E-state index contributed by atoms with van der Waals surface area (Å²) in [6.07, 6.45) is 1.78. The van der Waals surface area contributed by atoms with Crippen LogP contribution in [-0.4, -0.2) is 21.9 Å². The second-order valence-corrected chi connectivity index (χ2v) is 8.25. The topological polar surface area (TPSA) is 39.9 Å². The van der Waals surface area contributed by atoms with Gasteiger partial charge in [-0.1, -0.05) is 91.0 Å². The average molecular weight is 517 g/mol. The first-order chi connectivity index (χ1) is 15.3. The first-order valence-corrected chi connectivity index (χ1v) is 11.1. The Morgan fingerprint density at radius 1 is 0.742 bits per heavy atom. The van der Waals surface area contributed by atoms with Gasteiger partial charge in [0.2, 0.25) is 5.88 Å². The summed E-state index contributed by atoms with van der Waals surface area (Å²) in [5, 5.41) is 6.00. The molecule has 0 spiro atoms. The summed E-state index contributed by atoms with van der Waals surface area (Å²) in [4.78, 5) is 4.42. The van der Waals surface area contributed by atoms with Gasteiger partial charge in [0.15, 0.2) is 0 Å². The number of fused-ring (bicyclic) bond motifs is 1. The lowest BCUT2D eigenvalue weighted by Gasteiger charge is -2.37. The number of nitrogens with zero attached hydrogens (tertiary/aromatic N) is 3. The molecule has 0 unspecified atom stereocenters. The number of halogens is 1. The fourth-order valence-electron chi connectivity index (χ4n) is 4.31. The van der Waals surface area contributed by atoms with Crippen LogP contribution in [0.1, 0.15) is 16.7 Å². The quantitative estimate of drug-likeness (QED) is 0.216. The van der Waals surface area contributed by atoms with Crippen LogP contribution in [0.15, 0.2) is 103 Å². The van der Waals surface area contributed by atoms with Crippen LogP contribution in [0.25, 0.3) is 10.9 Å². The van der Waals surface area contributed by atoms with E-state index in [1.807, 2.05) is 24.3 Å². The van der Waals surface area contributed by atoms with Gasteiger partial charge >= 0.3 is 0 Å². The van der Waals surface area contributed by atoms with Crippen molar-refractivity contribution in [3.63, 3.8) is 0 Å². The predicted octanol–water partition coefficient (Wildman–Crippen LogP) is 5.88. The van der Waals surface area contributed by atoms with Gasteiger partial charge in [-0.3, -0.25) is 0 Å². The molecule has 0 atom stereocenters. The summed E-state index contributed by atoms with van der Waals surface area (Å²) in [5.41, 5.74) is 3.68. The molecular weight excluding hydrogens is 497 g/mol. The second kappa shape index (κ2) is 8.15. The van der Waals surface area contributed by atoms with Crippen LogP contribution < -0.4 is 4.74 Å². The number of rotatable bonds is 5. The largest absolute Gasteiger partial charge is 0.480 e. The molecular formula is C26H20IN3O. The highest BCUT2D eigenvalue weighted by Crippen LogP contribution is 2.43. The summed E-state index contributed by atoms with van der Waals surface area (Å²) in [6.45, 7) is 0. The van der Waals surface area contributed by atoms with E-state index in [9.17, 15) is 0 Å². The fraction of sp³-hybridized carbons (Fsp3) is 0.0769. The highest BCUT2D eigenvalue weighted by atomic mass is 127. The van der Waals surface area contributed by atoms with Crippen molar-refractivity contribution in [2.45, 2.75) is 5.54 Å². The van der Waals surface area contributed by atoms with Gasteiger partial charge in [0.05, 0.1) is 18.0 Å². The van der Waals surface area contributed by atoms with Crippen molar-refractivity contribution in [3.8, 4) is 5.88 Å². The van der Waals surface area contributed by atoms with E-state index >= 15 is 0 Å². The molecule has 0 aliphatic heterocycles. The van der Waals surface area contributed by atoms with Crippen molar-refractivity contribution in [1.29, 1.82) is 0 Å². The van der Waals surface area contributed by atoms with E-state index in [4.69, 9.17) is 9.84 Å². The monoisotopic (exact) mass is 517 g/mol. The third-order valence-electron chi connectivity index (χ3n) is 5.60. The second-order valence-electron chi connectivity index (χ2n) is 7.23. The lowest BCUT2D eigenvalue weighted by Crippen LogP contribution is -2.38. The maximum Gasteiger partial charge on any atom is 0.225 e. The molecule has 2 aromatic heterocycles. The Labute approximate surface area is 194 Å². The van der Waals surface area contributed by atoms with E-state index in [1.165, 1.54) is 0 Å². The van der Waals surface area contributed by atoms with E-state index in [1.54, 1.807) is 13.3 Å². The van der Waals surface area contributed by atoms with E-state index in [0.29, 0.717) is 5.88 Å². The Morgan fingerprint density at radius 3 is 1.68 bits per heavy atom. The summed E-state index contributed by atoms with van der Waals surface area (Å²) in [7, 11) is 1.65. The Bertz CT molecular complexity index is 1220. The Balaban J connectivity index is 1.99. The molecule has 0 N–H and O–H groups in total. The van der Waals surface area contributed by atoms with Crippen molar-refractivity contribution in [1.82, 2.24) is 14.8 Å². The van der Waals surface area contributed by atoms with Gasteiger partial charge in [-0.05, 0) is 45.3 Å². The van der Waals surface area contributed by atoms with E-state index < -0.39 is 5.54 Å². The molecule has 0 aliphatic carbocycles. The molecule has 5 aromatic rings. The smallest absolute Gasteiger partial charge is 0.225 e. The van der Waals surface area contributed by atoms with Gasteiger partial charge < -0.3 is 4.74 Å². The summed E-state index contributed by atoms with van der Waals surface area (Å²) in [6, 6.07) is 33.6. The molecule has 0 aliphatic rings. The average Bonchev–Trinajstić information content (AvgIpc) is 3.19. The minimum Gasteiger partial charge on any atom is -0.480 e. The van der Waals surface area contributed by atoms with Crippen LogP contribution in [0.3, 0.4) is 0 Å². The number of benzene rings is 3. The predicted molar refractivity (Wildman–Crippen MR) is 131 cm³/mol. The zero-order valence-electron chi connectivity index (χ0n) is 16.9. The van der Waals surface area contributed by atoms with Gasteiger partial charge in [-0.15, -0.1) is 0 Å². The number of methoxy groups -OCH3 is 1. The molecule has 3 aromatic carbocycles.